The number of fused-ring (bicyclic) bond motifs is 1. The van der Waals surface area contributed by atoms with Crippen molar-refractivity contribution in [2.45, 2.75) is 6.42 Å². The minimum absolute atomic E-state index is 0.478. The van der Waals surface area contributed by atoms with E-state index in [-0.39, 0.29) is 0 Å². The maximum atomic E-state index is 13.1. The quantitative estimate of drug-likeness (QED) is 0.792. The molecule has 3 rings (SSSR count). The molecule has 0 fully saturated rings. The maximum absolute atomic E-state index is 13.1. The smallest absolute Gasteiger partial charge is 0.203 e. The van der Waals surface area contributed by atoms with E-state index in [1.54, 1.807) is 23.1 Å². The van der Waals surface area contributed by atoms with E-state index in [4.69, 9.17) is 0 Å². The van der Waals surface area contributed by atoms with Gasteiger partial charge in [0.15, 0.2) is 5.82 Å². The molecule has 2 heterocycles. The fraction of sp³-hybridized carbons (Fsp3) is 0.154. The van der Waals surface area contributed by atoms with E-state index in [0.717, 1.165) is 6.07 Å². The molecule has 0 radical (unpaired) electrons. The lowest BCUT2D eigenvalue weighted by Gasteiger charge is -2.06. The second kappa shape index (κ2) is 5.20. The summed E-state index contributed by atoms with van der Waals surface area (Å²) in [6.45, 7) is 0.489. The highest BCUT2D eigenvalue weighted by atomic mass is 19.1. The Labute approximate surface area is 113 Å². The summed E-state index contributed by atoms with van der Waals surface area (Å²) in [6.07, 6.45) is 5.42. The van der Waals surface area contributed by atoms with Crippen LogP contribution in [0.3, 0.4) is 0 Å². The van der Waals surface area contributed by atoms with Crippen LogP contribution in [0.2, 0.25) is 0 Å². The zero-order valence-corrected chi connectivity index (χ0v) is 10.4. The Hall–Kier alpha value is -2.57. The van der Waals surface area contributed by atoms with Gasteiger partial charge in [-0.3, -0.25) is 4.40 Å². The molecular formula is C13H11F2N5. The van der Waals surface area contributed by atoms with Gasteiger partial charge in [0.05, 0.1) is 0 Å². The van der Waals surface area contributed by atoms with Gasteiger partial charge in [-0.15, -0.1) is 10.2 Å². The maximum Gasteiger partial charge on any atom is 0.203 e. The van der Waals surface area contributed by atoms with Crippen LogP contribution in [0.4, 0.5) is 14.6 Å². The lowest BCUT2D eigenvalue weighted by Crippen LogP contribution is -2.08. The largest absolute Gasteiger partial charge is 0.367 e. The molecule has 0 amide bonds. The zero-order chi connectivity index (χ0) is 13.9. The van der Waals surface area contributed by atoms with Crippen LogP contribution in [0.15, 0.2) is 36.9 Å². The predicted molar refractivity (Wildman–Crippen MR) is 69.3 cm³/mol. The molecule has 0 aliphatic heterocycles. The van der Waals surface area contributed by atoms with Crippen LogP contribution in [0, 0.1) is 11.6 Å². The fourth-order valence-corrected chi connectivity index (χ4v) is 1.96. The van der Waals surface area contributed by atoms with E-state index in [0.29, 0.717) is 30.0 Å². The van der Waals surface area contributed by atoms with Crippen molar-refractivity contribution in [3.05, 3.63) is 54.1 Å². The molecule has 20 heavy (non-hydrogen) atoms. The van der Waals surface area contributed by atoms with Crippen LogP contribution >= 0.6 is 0 Å². The van der Waals surface area contributed by atoms with Crippen molar-refractivity contribution in [2.75, 3.05) is 11.9 Å². The van der Waals surface area contributed by atoms with Crippen LogP contribution in [0.5, 0.6) is 0 Å². The normalized spacial score (nSPS) is 10.9. The first kappa shape index (κ1) is 12.5. The first-order chi connectivity index (χ1) is 9.72. The number of rotatable bonds is 4. The minimum atomic E-state index is -0.572. The van der Waals surface area contributed by atoms with E-state index in [2.05, 4.69) is 20.5 Å². The molecule has 2 aromatic heterocycles. The van der Waals surface area contributed by atoms with Crippen LogP contribution < -0.4 is 5.32 Å². The Balaban J connectivity index is 1.69. The number of hydrogen-bond acceptors (Lipinski definition) is 4. The van der Waals surface area contributed by atoms with E-state index >= 15 is 0 Å². The summed E-state index contributed by atoms with van der Waals surface area (Å²) >= 11 is 0. The van der Waals surface area contributed by atoms with E-state index in [9.17, 15) is 8.78 Å². The van der Waals surface area contributed by atoms with Crippen molar-refractivity contribution < 1.29 is 8.78 Å². The predicted octanol–water partition coefficient (Wildman–Crippen LogP) is 2.06. The first-order valence-electron chi connectivity index (χ1n) is 6.05. The monoisotopic (exact) mass is 275 g/mol. The SMILES string of the molecule is Fc1cc(F)cc(CCNc2nccn3cnnc23)c1. The summed E-state index contributed by atoms with van der Waals surface area (Å²) in [7, 11) is 0. The van der Waals surface area contributed by atoms with Crippen LogP contribution in [-0.2, 0) is 6.42 Å². The van der Waals surface area contributed by atoms with Crippen molar-refractivity contribution in [1.29, 1.82) is 0 Å². The van der Waals surface area contributed by atoms with Gasteiger partial charge >= 0.3 is 0 Å². The molecule has 0 bridgehead atoms. The summed E-state index contributed by atoms with van der Waals surface area (Å²) in [4.78, 5) is 4.16. The second-order valence-corrected chi connectivity index (χ2v) is 4.29. The Bertz CT molecular complexity index is 720. The van der Waals surface area contributed by atoms with Gasteiger partial charge in [-0.05, 0) is 24.1 Å². The molecule has 0 saturated carbocycles. The molecule has 0 aliphatic rings. The average Bonchev–Trinajstić information content (AvgIpc) is 2.86. The highest BCUT2D eigenvalue weighted by Gasteiger charge is 2.05. The summed E-state index contributed by atoms with van der Waals surface area (Å²) in [5.41, 5.74) is 1.20. The Morgan fingerprint density at radius 2 is 1.95 bits per heavy atom. The number of hydrogen-bond donors (Lipinski definition) is 1. The van der Waals surface area contributed by atoms with E-state index in [1.165, 1.54) is 12.1 Å². The minimum Gasteiger partial charge on any atom is -0.367 e. The molecule has 1 N–H and O–H groups in total. The van der Waals surface area contributed by atoms with Gasteiger partial charge in [0.25, 0.3) is 0 Å². The molecule has 0 atom stereocenters. The lowest BCUT2D eigenvalue weighted by atomic mass is 10.1. The van der Waals surface area contributed by atoms with Gasteiger partial charge in [0.2, 0.25) is 5.65 Å². The van der Waals surface area contributed by atoms with Gasteiger partial charge in [-0.1, -0.05) is 0 Å². The van der Waals surface area contributed by atoms with Crippen molar-refractivity contribution in [1.82, 2.24) is 19.6 Å². The summed E-state index contributed by atoms with van der Waals surface area (Å²) in [6, 6.07) is 3.49. The standard InChI is InChI=1S/C13H11F2N5/c14-10-5-9(6-11(15)7-10)1-2-16-12-13-19-18-8-20(13)4-3-17-12/h3-8H,1-2H2,(H,16,17). The molecular weight excluding hydrogens is 264 g/mol. The topological polar surface area (TPSA) is 55.1 Å². The van der Waals surface area contributed by atoms with Crippen molar-refractivity contribution >= 4 is 11.5 Å². The summed E-state index contributed by atoms with van der Waals surface area (Å²) in [5.74, 6) is -0.558. The zero-order valence-electron chi connectivity index (χ0n) is 10.4. The second-order valence-electron chi connectivity index (χ2n) is 4.29. The molecule has 0 unspecified atom stereocenters. The number of nitrogens with zero attached hydrogens (tertiary/aromatic N) is 4. The van der Waals surface area contributed by atoms with Gasteiger partial charge < -0.3 is 5.32 Å². The first-order valence-corrected chi connectivity index (χ1v) is 6.05. The van der Waals surface area contributed by atoms with Gasteiger partial charge in [-0.25, -0.2) is 13.8 Å². The molecule has 102 valence electrons. The van der Waals surface area contributed by atoms with Gasteiger partial charge in [0, 0.05) is 25.0 Å². The third-order valence-electron chi connectivity index (χ3n) is 2.84. The number of benzene rings is 1. The van der Waals surface area contributed by atoms with E-state index in [1.807, 2.05) is 0 Å². The average molecular weight is 275 g/mol. The molecule has 1 aromatic carbocycles. The highest BCUT2D eigenvalue weighted by molar-refractivity contribution is 5.61. The molecule has 5 nitrogen and oxygen atoms in total. The number of nitrogens with one attached hydrogen (secondary N) is 1. The molecule has 0 saturated heterocycles. The fourth-order valence-electron chi connectivity index (χ4n) is 1.96. The highest BCUT2D eigenvalue weighted by Crippen LogP contribution is 2.11. The number of anilines is 1. The third kappa shape index (κ3) is 2.56. The Kier molecular flexibility index (Phi) is 3.24. The van der Waals surface area contributed by atoms with Crippen LogP contribution in [-0.4, -0.2) is 26.1 Å². The summed E-state index contributed by atoms with van der Waals surface area (Å²) in [5, 5.41) is 10.8. The lowest BCUT2D eigenvalue weighted by molar-refractivity contribution is 0.580. The van der Waals surface area contributed by atoms with E-state index < -0.39 is 11.6 Å². The van der Waals surface area contributed by atoms with Crippen molar-refractivity contribution in [2.24, 2.45) is 0 Å². The molecule has 0 spiro atoms. The Morgan fingerprint density at radius 3 is 2.75 bits per heavy atom. The number of halogens is 2. The van der Waals surface area contributed by atoms with Crippen molar-refractivity contribution in [3.8, 4) is 0 Å². The summed E-state index contributed by atoms with van der Waals surface area (Å²) < 4.78 is 27.8. The van der Waals surface area contributed by atoms with Gasteiger partial charge in [0.1, 0.15) is 18.0 Å². The van der Waals surface area contributed by atoms with Crippen LogP contribution in [0.25, 0.3) is 5.65 Å². The van der Waals surface area contributed by atoms with Crippen LogP contribution in [0.1, 0.15) is 5.56 Å². The van der Waals surface area contributed by atoms with Crippen molar-refractivity contribution in [3.63, 3.8) is 0 Å². The molecule has 3 aromatic rings. The van der Waals surface area contributed by atoms with Gasteiger partial charge in [-0.2, -0.15) is 0 Å². The third-order valence-corrected chi connectivity index (χ3v) is 2.84. The number of aromatic nitrogens is 4. The Morgan fingerprint density at radius 1 is 1.15 bits per heavy atom. The molecule has 0 aliphatic carbocycles. The molecule has 7 heteroatoms.